The molecule has 0 aromatic heterocycles. The van der Waals surface area contributed by atoms with Crippen LogP contribution in [0.25, 0.3) is 0 Å². The van der Waals surface area contributed by atoms with Crippen LogP contribution in [-0.2, 0) is 0 Å². The van der Waals surface area contributed by atoms with E-state index in [0.717, 1.165) is 29.3 Å². The highest BCUT2D eigenvalue weighted by Gasteiger charge is 2.53. The Kier molecular flexibility index (Phi) is 4.28. The van der Waals surface area contributed by atoms with E-state index in [-0.39, 0.29) is 0 Å². The zero-order chi connectivity index (χ0) is 15.2. The van der Waals surface area contributed by atoms with E-state index in [1.54, 1.807) is 0 Å². The lowest BCUT2D eigenvalue weighted by Gasteiger charge is -2.62. The molecule has 0 atom stereocenters. The van der Waals surface area contributed by atoms with Crippen molar-refractivity contribution < 1.29 is 0 Å². The summed E-state index contributed by atoms with van der Waals surface area (Å²) in [6.07, 6.45) is 14.9. The van der Waals surface area contributed by atoms with Crippen molar-refractivity contribution in [3.8, 4) is 0 Å². The summed E-state index contributed by atoms with van der Waals surface area (Å²) in [5.41, 5.74) is 0.751. The molecule has 2 heteroatoms. The van der Waals surface area contributed by atoms with Crippen molar-refractivity contribution in [3.63, 3.8) is 0 Å². The molecule has 126 valence electrons. The highest BCUT2D eigenvalue weighted by molar-refractivity contribution is 5.08. The van der Waals surface area contributed by atoms with Crippen molar-refractivity contribution in [1.29, 1.82) is 0 Å². The van der Waals surface area contributed by atoms with Gasteiger partial charge in [-0.15, -0.1) is 0 Å². The number of hydrogen-bond acceptors (Lipinski definition) is 2. The van der Waals surface area contributed by atoms with Crippen molar-refractivity contribution in [2.24, 2.45) is 17.3 Å². The Bertz CT molecular complexity index is 367. The Balaban J connectivity index is 1.13. The van der Waals surface area contributed by atoms with Crippen molar-refractivity contribution >= 4 is 0 Å². The number of rotatable bonds is 5. The smallest absolute Gasteiger partial charge is 0.0108 e. The van der Waals surface area contributed by atoms with Gasteiger partial charge in [0.2, 0.25) is 0 Å². The van der Waals surface area contributed by atoms with Gasteiger partial charge in [-0.2, -0.15) is 0 Å². The Morgan fingerprint density at radius 2 is 1.68 bits per heavy atom. The lowest BCUT2D eigenvalue weighted by Crippen LogP contribution is -2.67. The average molecular weight is 305 g/mol. The molecule has 2 nitrogen and oxygen atoms in total. The zero-order valence-corrected chi connectivity index (χ0v) is 14.9. The molecule has 0 aromatic rings. The molecule has 0 radical (unpaired) electrons. The molecular weight excluding hydrogens is 268 g/mol. The number of hydrogen-bond donors (Lipinski definition) is 0. The molecule has 0 N–H and O–H groups in total. The first-order chi connectivity index (χ1) is 10.6. The highest BCUT2D eigenvalue weighted by Crippen LogP contribution is 2.51. The van der Waals surface area contributed by atoms with Crippen molar-refractivity contribution in [3.05, 3.63) is 0 Å². The fourth-order valence-corrected chi connectivity index (χ4v) is 5.88. The normalized spacial score (nSPS) is 36.1. The van der Waals surface area contributed by atoms with Crippen LogP contribution in [-0.4, -0.2) is 48.6 Å². The number of nitrogens with zero attached hydrogens (tertiary/aromatic N) is 2. The van der Waals surface area contributed by atoms with Gasteiger partial charge in [-0.25, -0.2) is 0 Å². The third kappa shape index (κ3) is 2.98. The van der Waals surface area contributed by atoms with Crippen LogP contribution in [0.4, 0.5) is 0 Å². The Morgan fingerprint density at radius 3 is 2.32 bits per heavy atom. The summed E-state index contributed by atoms with van der Waals surface area (Å²) in [5.74, 6) is 2.05. The van der Waals surface area contributed by atoms with Crippen LogP contribution in [0, 0.1) is 17.3 Å². The lowest BCUT2D eigenvalue weighted by atomic mass is 9.59. The fraction of sp³-hybridized carbons (Fsp3) is 1.00. The standard InChI is InChI=1S/C20H36N2/c1-16-10-18(11-16)21(2)19-12-20(13-19)14-22(15-20)9-8-17-6-4-3-5-7-17/h16-19H,3-15H2,1-2H3/t16-,18-. The molecule has 0 aromatic carbocycles. The predicted molar refractivity (Wildman–Crippen MR) is 93.0 cm³/mol. The number of likely N-dealkylation sites (tertiary alicyclic amines) is 1. The lowest BCUT2D eigenvalue weighted by molar-refractivity contribution is -0.120. The van der Waals surface area contributed by atoms with Gasteiger partial charge in [-0.1, -0.05) is 39.0 Å². The van der Waals surface area contributed by atoms with Gasteiger partial charge in [0.1, 0.15) is 0 Å². The molecule has 0 amide bonds. The molecule has 0 bridgehead atoms. The van der Waals surface area contributed by atoms with E-state index in [9.17, 15) is 0 Å². The second-order valence-corrected chi connectivity index (χ2v) is 9.46. The topological polar surface area (TPSA) is 6.48 Å². The Hall–Kier alpha value is -0.0800. The van der Waals surface area contributed by atoms with E-state index >= 15 is 0 Å². The average Bonchev–Trinajstić information content (AvgIpc) is 2.41. The monoisotopic (exact) mass is 304 g/mol. The maximum absolute atomic E-state index is 2.76. The first-order valence-corrected chi connectivity index (χ1v) is 10.1. The first-order valence-electron chi connectivity index (χ1n) is 10.1. The second kappa shape index (κ2) is 6.09. The largest absolute Gasteiger partial charge is 0.302 e. The van der Waals surface area contributed by atoms with Crippen LogP contribution in [0.3, 0.4) is 0 Å². The van der Waals surface area contributed by atoms with Gasteiger partial charge < -0.3 is 9.80 Å². The maximum atomic E-state index is 2.76. The summed E-state index contributed by atoms with van der Waals surface area (Å²) in [6, 6.07) is 1.83. The third-order valence-electron chi connectivity index (χ3n) is 7.53. The molecule has 4 fully saturated rings. The molecule has 1 heterocycles. The van der Waals surface area contributed by atoms with Crippen molar-refractivity contribution in [2.75, 3.05) is 26.7 Å². The van der Waals surface area contributed by atoms with Crippen LogP contribution in [0.1, 0.15) is 71.1 Å². The summed E-state index contributed by atoms with van der Waals surface area (Å²) in [6.45, 7) is 6.64. The molecular formula is C20H36N2. The van der Waals surface area contributed by atoms with Gasteiger partial charge in [0.25, 0.3) is 0 Å². The van der Waals surface area contributed by atoms with E-state index in [0.29, 0.717) is 0 Å². The molecule has 22 heavy (non-hydrogen) atoms. The van der Waals surface area contributed by atoms with Gasteiger partial charge in [0.05, 0.1) is 0 Å². The molecule has 3 aliphatic carbocycles. The Labute approximate surface area is 137 Å². The molecule has 1 saturated heterocycles. The summed E-state index contributed by atoms with van der Waals surface area (Å²) in [7, 11) is 2.40. The van der Waals surface area contributed by atoms with Crippen molar-refractivity contribution in [2.45, 2.75) is 83.2 Å². The van der Waals surface area contributed by atoms with Crippen LogP contribution in [0.2, 0.25) is 0 Å². The minimum Gasteiger partial charge on any atom is -0.302 e. The van der Waals surface area contributed by atoms with E-state index < -0.39 is 0 Å². The summed E-state index contributed by atoms with van der Waals surface area (Å²) in [4.78, 5) is 5.49. The molecule has 1 spiro atoms. The molecule has 1 aliphatic heterocycles. The van der Waals surface area contributed by atoms with Gasteiger partial charge in [-0.05, 0) is 62.9 Å². The zero-order valence-electron chi connectivity index (χ0n) is 14.9. The SMILES string of the molecule is CN(C1CC2(C1)CN(CCC1CCCCC1)C2)[C@H]1C[C@H](C)C1. The molecule has 4 rings (SSSR count). The summed E-state index contributed by atoms with van der Waals surface area (Å²) in [5, 5.41) is 0. The van der Waals surface area contributed by atoms with Gasteiger partial charge in [-0.3, -0.25) is 0 Å². The predicted octanol–water partition coefficient (Wildman–Crippen LogP) is 4.15. The van der Waals surface area contributed by atoms with E-state index in [2.05, 4.69) is 23.8 Å². The van der Waals surface area contributed by atoms with Gasteiger partial charge in [0, 0.05) is 25.2 Å². The second-order valence-electron chi connectivity index (χ2n) is 9.46. The molecule has 3 saturated carbocycles. The minimum atomic E-state index is 0.751. The Morgan fingerprint density at radius 1 is 1.00 bits per heavy atom. The van der Waals surface area contributed by atoms with Gasteiger partial charge >= 0.3 is 0 Å². The minimum absolute atomic E-state index is 0.751. The maximum Gasteiger partial charge on any atom is 0.0108 e. The highest BCUT2D eigenvalue weighted by atomic mass is 15.2. The van der Waals surface area contributed by atoms with Crippen LogP contribution in [0.5, 0.6) is 0 Å². The molecule has 4 aliphatic rings. The van der Waals surface area contributed by atoms with Crippen molar-refractivity contribution in [1.82, 2.24) is 9.80 Å². The van der Waals surface area contributed by atoms with E-state index in [4.69, 9.17) is 0 Å². The summed E-state index contributed by atoms with van der Waals surface area (Å²) < 4.78 is 0. The van der Waals surface area contributed by atoms with E-state index in [1.807, 2.05) is 0 Å². The molecule has 0 unspecified atom stereocenters. The van der Waals surface area contributed by atoms with Crippen LogP contribution < -0.4 is 0 Å². The third-order valence-corrected chi connectivity index (χ3v) is 7.53. The van der Waals surface area contributed by atoms with Crippen LogP contribution in [0.15, 0.2) is 0 Å². The van der Waals surface area contributed by atoms with Gasteiger partial charge in [0.15, 0.2) is 0 Å². The first kappa shape index (κ1) is 15.4. The summed E-state index contributed by atoms with van der Waals surface area (Å²) >= 11 is 0. The fourth-order valence-electron chi connectivity index (χ4n) is 5.88. The van der Waals surface area contributed by atoms with E-state index in [1.165, 1.54) is 83.8 Å². The van der Waals surface area contributed by atoms with Crippen LogP contribution >= 0.6 is 0 Å². The quantitative estimate of drug-likeness (QED) is 0.753.